The third-order valence-corrected chi connectivity index (χ3v) is 3.91. The monoisotopic (exact) mass is 229 g/mol. The van der Waals surface area contributed by atoms with Crippen LogP contribution in [0.15, 0.2) is 41.8 Å². The zero-order valence-corrected chi connectivity index (χ0v) is 9.46. The van der Waals surface area contributed by atoms with Gasteiger partial charge in [0.05, 0.1) is 5.69 Å². The van der Waals surface area contributed by atoms with E-state index in [1.807, 2.05) is 29.6 Å². The number of carbonyl (C=O) groups excluding carboxylic acids is 1. The second-order valence-corrected chi connectivity index (χ2v) is 4.86. The molecule has 1 aromatic carbocycles. The van der Waals surface area contributed by atoms with E-state index in [0.717, 1.165) is 5.69 Å². The summed E-state index contributed by atoms with van der Waals surface area (Å²) in [5.41, 5.74) is 2.20. The summed E-state index contributed by atoms with van der Waals surface area (Å²) in [4.78, 5) is 12.9. The highest BCUT2D eigenvalue weighted by Crippen LogP contribution is 2.40. The highest BCUT2D eigenvalue weighted by Gasteiger charge is 2.27. The minimum atomic E-state index is 0.111. The van der Waals surface area contributed by atoms with E-state index < -0.39 is 0 Å². The quantitative estimate of drug-likeness (QED) is 0.799. The van der Waals surface area contributed by atoms with Crippen LogP contribution in [0, 0.1) is 0 Å². The molecule has 0 radical (unpaired) electrons. The van der Waals surface area contributed by atoms with Gasteiger partial charge in [-0.3, -0.25) is 4.79 Å². The van der Waals surface area contributed by atoms with Crippen LogP contribution in [0.4, 0.5) is 5.69 Å². The number of hydrogen-bond donors (Lipinski definition) is 1. The fourth-order valence-electron chi connectivity index (χ4n) is 2.13. The molecule has 80 valence electrons. The van der Waals surface area contributed by atoms with Gasteiger partial charge in [0.15, 0.2) is 0 Å². The maximum Gasteiger partial charge on any atom is 0.225 e. The highest BCUT2D eigenvalue weighted by molar-refractivity contribution is 7.10. The summed E-state index contributed by atoms with van der Waals surface area (Å²) in [6, 6.07) is 12.2. The molecule has 3 rings (SSSR count). The van der Waals surface area contributed by atoms with Crippen LogP contribution in [-0.4, -0.2) is 5.91 Å². The molecular weight excluding hydrogens is 218 g/mol. The van der Waals surface area contributed by atoms with E-state index in [2.05, 4.69) is 17.4 Å². The molecule has 1 amide bonds. The predicted molar refractivity (Wildman–Crippen MR) is 65.9 cm³/mol. The minimum absolute atomic E-state index is 0.111. The molecule has 16 heavy (non-hydrogen) atoms. The fourth-order valence-corrected chi connectivity index (χ4v) is 3.11. The molecular formula is C13H11NOS. The van der Waals surface area contributed by atoms with Crippen molar-refractivity contribution in [1.82, 2.24) is 0 Å². The van der Waals surface area contributed by atoms with Crippen LogP contribution in [0.25, 0.3) is 0 Å². The number of anilines is 1. The van der Waals surface area contributed by atoms with Crippen molar-refractivity contribution in [3.63, 3.8) is 0 Å². The smallest absolute Gasteiger partial charge is 0.225 e. The Bertz CT molecular complexity index is 518. The largest absolute Gasteiger partial charge is 0.325 e. The van der Waals surface area contributed by atoms with Crippen LogP contribution < -0.4 is 5.32 Å². The molecule has 1 atom stereocenters. The number of thiophene rings is 1. The fraction of sp³-hybridized carbons (Fsp3) is 0.154. The number of amides is 1. The Morgan fingerprint density at radius 3 is 2.81 bits per heavy atom. The Labute approximate surface area is 97.9 Å². The van der Waals surface area contributed by atoms with Crippen molar-refractivity contribution in [3.05, 3.63) is 52.2 Å². The van der Waals surface area contributed by atoms with Crippen molar-refractivity contribution >= 4 is 22.9 Å². The summed E-state index contributed by atoms with van der Waals surface area (Å²) >= 11 is 1.72. The molecule has 1 aromatic heterocycles. The molecule has 2 nitrogen and oxygen atoms in total. The lowest BCUT2D eigenvalue weighted by Crippen LogP contribution is -2.21. The summed E-state index contributed by atoms with van der Waals surface area (Å²) in [7, 11) is 0. The van der Waals surface area contributed by atoms with Gasteiger partial charge in [-0.2, -0.15) is 0 Å². The zero-order valence-electron chi connectivity index (χ0n) is 8.64. The van der Waals surface area contributed by atoms with Crippen molar-refractivity contribution in [2.24, 2.45) is 0 Å². The van der Waals surface area contributed by atoms with Gasteiger partial charge in [0.1, 0.15) is 0 Å². The van der Waals surface area contributed by atoms with Gasteiger partial charge in [-0.05, 0) is 17.0 Å². The van der Waals surface area contributed by atoms with Gasteiger partial charge in [0.25, 0.3) is 0 Å². The maximum atomic E-state index is 11.6. The van der Waals surface area contributed by atoms with Crippen molar-refractivity contribution in [1.29, 1.82) is 0 Å². The molecule has 0 bridgehead atoms. The summed E-state index contributed by atoms with van der Waals surface area (Å²) in [5, 5.41) is 4.95. The molecule has 0 saturated heterocycles. The van der Waals surface area contributed by atoms with E-state index in [9.17, 15) is 4.79 Å². The van der Waals surface area contributed by atoms with Gasteiger partial charge < -0.3 is 5.32 Å². The average molecular weight is 229 g/mol. The molecule has 2 aromatic rings. The molecule has 2 heterocycles. The molecule has 0 fully saturated rings. The number of hydrogen-bond acceptors (Lipinski definition) is 2. The summed E-state index contributed by atoms with van der Waals surface area (Å²) in [5.74, 6) is 0.338. The molecule has 0 spiro atoms. The Morgan fingerprint density at radius 2 is 2.00 bits per heavy atom. The lowest BCUT2D eigenvalue weighted by molar-refractivity contribution is -0.116. The summed E-state index contributed by atoms with van der Waals surface area (Å²) in [6.07, 6.45) is 0.553. The Morgan fingerprint density at radius 1 is 1.19 bits per heavy atom. The average Bonchev–Trinajstić information content (AvgIpc) is 2.77. The number of benzene rings is 1. The van der Waals surface area contributed by atoms with Crippen LogP contribution in [0.5, 0.6) is 0 Å². The van der Waals surface area contributed by atoms with Gasteiger partial charge >= 0.3 is 0 Å². The van der Waals surface area contributed by atoms with Crippen LogP contribution >= 0.6 is 11.3 Å². The van der Waals surface area contributed by atoms with E-state index in [0.29, 0.717) is 6.42 Å². The van der Waals surface area contributed by atoms with Crippen LogP contribution in [0.2, 0.25) is 0 Å². The van der Waals surface area contributed by atoms with Gasteiger partial charge in [0, 0.05) is 17.2 Å². The lowest BCUT2D eigenvalue weighted by atomic mass is 9.91. The van der Waals surface area contributed by atoms with Crippen LogP contribution in [0.1, 0.15) is 22.8 Å². The van der Waals surface area contributed by atoms with E-state index >= 15 is 0 Å². The topological polar surface area (TPSA) is 29.1 Å². The summed E-state index contributed by atoms with van der Waals surface area (Å²) < 4.78 is 0. The first kappa shape index (κ1) is 9.60. The number of fused-ring (bicyclic) bond motifs is 1. The zero-order chi connectivity index (χ0) is 11.0. The second-order valence-electron chi connectivity index (χ2n) is 3.91. The Hall–Kier alpha value is -1.61. The number of carbonyl (C=O) groups is 1. The van der Waals surface area contributed by atoms with Crippen molar-refractivity contribution in [2.45, 2.75) is 12.3 Å². The Kier molecular flexibility index (Phi) is 2.26. The van der Waals surface area contributed by atoms with E-state index in [-0.39, 0.29) is 11.8 Å². The Balaban J connectivity index is 2.07. The predicted octanol–water partition coefficient (Wildman–Crippen LogP) is 3.22. The standard InChI is InChI=1S/C13H11NOS/c15-12-8-10(9-4-2-1-3-5-9)13-11(14-12)6-7-16-13/h1-7,10H,8H2,(H,14,15)/t10-/m0/s1. The SMILES string of the molecule is O=C1C[C@@H](c2ccccc2)c2sccc2N1. The third kappa shape index (κ3) is 1.53. The molecule has 0 unspecified atom stereocenters. The number of nitrogens with one attached hydrogen (secondary N) is 1. The molecule has 3 heteroatoms. The number of rotatable bonds is 1. The van der Waals surface area contributed by atoms with E-state index in [1.54, 1.807) is 11.3 Å². The minimum Gasteiger partial charge on any atom is -0.325 e. The normalized spacial score (nSPS) is 19.0. The molecule has 0 saturated carbocycles. The first-order chi connectivity index (χ1) is 7.84. The highest BCUT2D eigenvalue weighted by atomic mass is 32.1. The van der Waals surface area contributed by atoms with Crippen molar-refractivity contribution in [2.75, 3.05) is 5.32 Å². The van der Waals surface area contributed by atoms with E-state index in [1.165, 1.54) is 10.4 Å². The first-order valence-electron chi connectivity index (χ1n) is 5.27. The third-order valence-electron chi connectivity index (χ3n) is 2.88. The van der Waals surface area contributed by atoms with Crippen molar-refractivity contribution < 1.29 is 4.79 Å². The second kappa shape index (κ2) is 3.76. The van der Waals surface area contributed by atoms with Gasteiger partial charge in [-0.1, -0.05) is 30.3 Å². The summed E-state index contributed by atoms with van der Waals surface area (Å²) in [6.45, 7) is 0. The van der Waals surface area contributed by atoms with Gasteiger partial charge in [0.2, 0.25) is 5.91 Å². The van der Waals surface area contributed by atoms with Crippen LogP contribution in [0.3, 0.4) is 0 Å². The van der Waals surface area contributed by atoms with Gasteiger partial charge in [-0.15, -0.1) is 11.3 Å². The molecule has 1 N–H and O–H groups in total. The van der Waals surface area contributed by atoms with Crippen LogP contribution in [-0.2, 0) is 4.79 Å². The molecule has 1 aliphatic heterocycles. The van der Waals surface area contributed by atoms with Gasteiger partial charge in [-0.25, -0.2) is 0 Å². The molecule has 0 aliphatic carbocycles. The maximum absolute atomic E-state index is 11.6. The van der Waals surface area contributed by atoms with Crippen molar-refractivity contribution in [3.8, 4) is 0 Å². The first-order valence-corrected chi connectivity index (χ1v) is 6.15. The lowest BCUT2D eigenvalue weighted by Gasteiger charge is -2.22. The van der Waals surface area contributed by atoms with E-state index in [4.69, 9.17) is 0 Å². The molecule has 1 aliphatic rings.